The Morgan fingerprint density at radius 1 is 1.36 bits per heavy atom. The number of hydrogen-bond acceptors (Lipinski definition) is 6. The van der Waals surface area contributed by atoms with E-state index in [0.29, 0.717) is 45.4 Å². The number of nitrogens with one attached hydrogen (secondary N) is 2. The number of carbonyl (C=O) groups excluding carboxylic acids is 3. The second kappa shape index (κ2) is 11.0. The first-order valence-corrected chi connectivity index (χ1v) is 8.67. The predicted octanol–water partition coefficient (Wildman–Crippen LogP) is -0.587. The fourth-order valence-corrected chi connectivity index (χ4v) is 3.00. The molecule has 0 bridgehead atoms. The standard InChI is InChI=1S/C16H29N3O6/c1-3-4-6-11(13(20)15(22)18-24)16(23)19-9-5-7-12(19)14(21)17-8-10-25-2/h11-13,20,24H,3-10H2,1-2H3,(H,17,21)(H,18,22)/t11-,12+,13+/m1/s1. The smallest absolute Gasteiger partial charge is 0.272 e. The molecule has 3 amide bonds. The summed E-state index contributed by atoms with van der Waals surface area (Å²) in [5.41, 5.74) is 1.38. The molecule has 0 aromatic heterocycles. The largest absolute Gasteiger partial charge is 0.383 e. The number of unbranched alkanes of at least 4 members (excludes halogenated alkanes) is 1. The normalized spacial score (nSPS) is 19.4. The lowest BCUT2D eigenvalue weighted by molar-refractivity contribution is -0.152. The van der Waals surface area contributed by atoms with E-state index >= 15 is 0 Å². The number of likely N-dealkylation sites (tertiary alicyclic amines) is 1. The van der Waals surface area contributed by atoms with Crippen molar-refractivity contribution >= 4 is 17.7 Å². The summed E-state index contributed by atoms with van der Waals surface area (Å²) < 4.78 is 4.89. The van der Waals surface area contributed by atoms with Crippen molar-refractivity contribution in [1.82, 2.24) is 15.7 Å². The number of ether oxygens (including phenoxy) is 1. The van der Waals surface area contributed by atoms with Crippen LogP contribution in [-0.2, 0) is 19.1 Å². The maximum Gasteiger partial charge on any atom is 0.272 e. The zero-order chi connectivity index (χ0) is 18.8. The predicted molar refractivity (Wildman–Crippen MR) is 88.6 cm³/mol. The average Bonchev–Trinajstić information content (AvgIpc) is 3.10. The molecule has 0 unspecified atom stereocenters. The average molecular weight is 359 g/mol. The number of hydroxylamine groups is 1. The highest BCUT2D eigenvalue weighted by molar-refractivity contribution is 5.92. The van der Waals surface area contributed by atoms with Crippen LogP contribution in [0, 0.1) is 5.92 Å². The third kappa shape index (κ3) is 5.94. The monoisotopic (exact) mass is 359 g/mol. The molecule has 0 radical (unpaired) electrons. The summed E-state index contributed by atoms with van der Waals surface area (Å²) in [6.45, 7) is 3.06. The Bertz CT molecular complexity index is 459. The van der Waals surface area contributed by atoms with Crippen molar-refractivity contribution in [3.05, 3.63) is 0 Å². The first-order valence-electron chi connectivity index (χ1n) is 8.67. The van der Waals surface area contributed by atoms with E-state index in [1.165, 1.54) is 17.5 Å². The number of amides is 3. The molecule has 9 nitrogen and oxygen atoms in total. The van der Waals surface area contributed by atoms with Crippen LogP contribution in [0.25, 0.3) is 0 Å². The van der Waals surface area contributed by atoms with Crippen LogP contribution in [0.4, 0.5) is 0 Å². The van der Waals surface area contributed by atoms with Gasteiger partial charge in [-0.3, -0.25) is 19.6 Å². The first kappa shape index (κ1) is 21.3. The number of methoxy groups -OCH3 is 1. The van der Waals surface area contributed by atoms with Crippen LogP contribution in [0.2, 0.25) is 0 Å². The summed E-state index contributed by atoms with van der Waals surface area (Å²) in [6, 6.07) is -0.613. The lowest BCUT2D eigenvalue weighted by atomic mass is 9.93. The molecule has 25 heavy (non-hydrogen) atoms. The van der Waals surface area contributed by atoms with Gasteiger partial charge in [0, 0.05) is 20.2 Å². The minimum Gasteiger partial charge on any atom is -0.383 e. The highest BCUT2D eigenvalue weighted by atomic mass is 16.5. The maximum absolute atomic E-state index is 12.9. The van der Waals surface area contributed by atoms with E-state index in [1.54, 1.807) is 0 Å². The van der Waals surface area contributed by atoms with Crippen molar-refractivity contribution in [3.63, 3.8) is 0 Å². The molecule has 1 aliphatic heterocycles. The molecule has 3 atom stereocenters. The molecular formula is C16H29N3O6. The van der Waals surface area contributed by atoms with E-state index in [0.717, 1.165) is 6.42 Å². The molecule has 0 aromatic rings. The van der Waals surface area contributed by atoms with Gasteiger partial charge in [0.05, 0.1) is 12.5 Å². The maximum atomic E-state index is 12.9. The van der Waals surface area contributed by atoms with Crippen LogP contribution < -0.4 is 10.8 Å². The van der Waals surface area contributed by atoms with Gasteiger partial charge in [0.15, 0.2) is 0 Å². The van der Waals surface area contributed by atoms with Gasteiger partial charge in [-0.05, 0) is 19.3 Å². The van der Waals surface area contributed by atoms with Crippen LogP contribution >= 0.6 is 0 Å². The number of carbonyl (C=O) groups is 3. The van der Waals surface area contributed by atoms with E-state index < -0.39 is 29.9 Å². The van der Waals surface area contributed by atoms with Crippen LogP contribution in [0.5, 0.6) is 0 Å². The Kier molecular flexibility index (Phi) is 9.40. The summed E-state index contributed by atoms with van der Waals surface area (Å²) in [6.07, 6.45) is 1.30. The van der Waals surface area contributed by atoms with Gasteiger partial charge in [0.1, 0.15) is 12.1 Å². The van der Waals surface area contributed by atoms with Crippen LogP contribution in [0.1, 0.15) is 39.0 Å². The topological polar surface area (TPSA) is 128 Å². The van der Waals surface area contributed by atoms with Gasteiger partial charge < -0.3 is 20.1 Å². The van der Waals surface area contributed by atoms with Crippen molar-refractivity contribution in [1.29, 1.82) is 0 Å². The van der Waals surface area contributed by atoms with Gasteiger partial charge in [-0.1, -0.05) is 19.8 Å². The number of aliphatic hydroxyl groups is 1. The molecule has 144 valence electrons. The van der Waals surface area contributed by atoms with Crippen molar-refractivity contribution in [2.45, 2.75) is 51.2 Å². The Morgan fingerprint density at radius 2 is 2.08 bits per heavy atom. The summed E-state index contributed by atoms with van der Waals surface area (Å²) in [5, 5.41) is 21.5. The molecule has 0 spiro atoms. The lowest BCUT2D eigenvalue weighted by Crippen LogP contribution is -2.52. The molecule has 1 fully saturated rings. The van der Waals surface area contributed by atoms with E-state index in [4.69, 9.17) is 9.94 Å². The minimum absolute atomic E-state index is 0.266. The summed E-state index contributed by atoms with van der Waals surface area (Å²) in [5.74, 6) is -2.71. The van der Waals surface area contributed by atoms with Crippen LogP contribution in [-0.4, -0.2) is 71.9 Å². The van der Waals surface area contributed by atoms with Crippen LogP contribution in [0.15, 0.2) is 0 Å². The summed E-state index contributed by atoms with van der Waals surface area (Å²) >= 11 is 0. The number of rotatable bonds is 10. The summed E-state index contributed by atoms with van der Waals surface area (Å²) in [7, 11) is 1.53. The summed E-state index contributed by atoms with van der Waals surface area (Å²) in [4.78, 5) is 38.1. The first-order chi connectivity index (χ1) is 12.0. The molecule has 1 heterocycles. The third-order valence-electron chi connectivity index (χ3n) is 4.39. The molecule has 9 heteroatoms. The van der Waals surface area contributed by atoms with E-state index in [1.807, 2.05) is 6.92 Å². The molecular weight excluding hydrogens is 330 g/mol. The highest BCUT2D eigenvalue weighted by Crippen LogP contribution is 2.24. The Morgan fingerprint density at radius 3 is 2.68 bits per heavy atom. The second-order valence-electron chi connectivity index (χ2n) is 6.14. The fourth-order valence-electron chi connectivity index (χ4n) is 3.00. The van der Waals surface area contributed by atoms with Gasteiger partial charge in [-0.15, -0.1) is 0 Å². The molecule has 1 rings (SSSR count). The third-order valence-corrected chi connectivity index (χ3v) is 4.39. The van der Waals surface area contributed by atoms with Gasteiger partial charge in [-0.25, -0.2) is 5.48 Å². The van der Waals surface area contributed by atoms with Gasteiger partial charge in [0.2, 0.25) is 11.8 Å². The molecule has 1 saturated heterocycles. The SMILES string of the molecule is CCCC[C@@H](C(=O)N1CCC[C@H]1C(=O)NCCOC)[C@H](O)C(=O)NO. The Balaban J connectivity index is 2.82. The molecule has 0 aromatic carbocycles. The fraction of sp³-hybridized carbons (Fsp3) is 0.812. The Hall–Kier alpha value is -1.71. The molecule has 0 aliphatic carbocycles. The molecule has 0 saturated carbocycles. The van der Waals surface area contributed by atoms with Crippen molar-refractivity contribution < 1.29 is 29.4 Å². The lowest BCUT2D eigenvalue weighted by Gasteiger charge is -2.30. The number of aliphatic hydroxyl groups excluding tert-OH is 1. The van der Waals surface area contributed by atoms with E-state index in [-0.39, 0.29) is 5.91 Å². The number of nitrogens with zero attached hydrogens (tertiary/aromatic N) is 1. The quantitative estimate of drug-likeness (QED) is 0.235. The van der Waals surface area contributed by atoms with Crippen LogP contribution in [0.3, 0.4) is 0 Å². The zero-order valence-corrected chi connectivity index (χ0v) is 14.9. The van der Waals surface area contributed by atoms with Crippen molar-refractivity contribution in [3.8, 4) is 0 Å². The van der Waals surface area contributed by atoms with E-state index in [9.17, 15) is 19.5 Å². The van der Waals surface area contributed by atoms with E-state index in [2.05, 4.69) is 5.32 Å². The van der Waals surface area contributed by atoms with Gasteiger partial charge in [-0.2, -0.15) is 0 Å². The number of hydrogen-bond donors (Lipinski definition) is 4. The Labute approximate surface area is 147 Å². The second-order valence-corrected chi connectivity index (χ2v) is 6.14. The highest BCUT2D eigenvalue weighted by Gasteiger charge is 2.40. The van der Waals surface area contributed by atoms with Gasteiger partial charge in [0.25, 0.3) is 5.91 Å². The zero-order valence-electron chi connectivity index (χ0n) is 14.9. The molecule has 4 N–H and O–H groups in total. The van der Waals surface area contributed by atoms with Crippen molar-refractivity contribution in [2.24, 2.45) is 5.92 Å². The van der Waals surface area contributed by atoms with Crippen molar-refractivity contribution in [2.75, 3.05) is 26.8 Å². The molecule has 1 aliphatic rings. The minimum atomic E-state index is -1.65. The van der Waals surface area contributed by atoms with Gasteiger partial charge >= 0.3 is 0 Å².